The molecule has 0 amide bonds. The van der Waals surface area contributed by atoms with Gasteiger partial charge in [-0.15, -0.1) is 0 Å². The molecule has 0 bridgehead atoms. The Bertz CT molecular complexity index is 1920. The maximum absolute atomic E-state index is 4.92. The Morgan fingerprint density at radius 1 is 0.485 bits per heavy atom. The largest absolute Gasteiger partial charge is 0.381 e. The van der Waals surface area contributed by atoms with Gasteiger partial charge in [-0.3, -0.25) is 4.98 Å². The van der Waals surface area contributed by atoms with Crippen LogP contribution in [-0.2, 0) is 275 Å². The average Bonchev–Trinajstić information content (AvgIpc) is 4.14. The third kappa shape index (κ3) is 35.9. The molecule has 0 saturated carbocycles. The first kappa shape index (κ1) is 79.3. The minimum Gasteiger partial charge on any atom is -0.381 e. The van der Waals surface area contributed by atoms with Crippen LogP contribution in [0.1, 0.15) is 103 Å². The van der Waals surface area contributed by atoms with E-state index in [0.717, 1.165) is 39.3 Å². The van der Waals surface area contributed by atoms with Crippen LogP contribution >= 0.6 is 0 Å². The molecule has 6 aromatic heterocycles. The molecule has 19 heteroatoms. The van der Waals surface area contributed by atoms with E-state index in [1.54, 1.807) is 7.11 Å². The minimum atomic E-state index is 0. The number of aromatic nitrogens is 12. The molecule has 6 radical (unpaired) electrons. The Morgan fingerprint density at radius 2 is 0.939 bits per heavy atom. The van der Waals surface area contributed by atoms with Crippen LogP contribution in [0.25, 0.3) is 0 Å². The van der Waals surface area contributed by atoms with Crippen LogP contribution in [0, 0.1) is 20.8 Å². The van der Waals surface area contributed by atoms with Crippen molar-refractivity contribution in [3.8, 4) is 0 Å². The number of aromatic amines is 1. The van der Waals surface area contributed by atoms with Crippen molar-refractivity contribution in [2.75, 3.05) is 13.7 Å². The van der Waals surface area contributed by atoms with Crippen molar-refractivity contribution in [2.45, 2.75) is 146 Å². The first-order valence-corrected chi connectivity index (χ1v) is 22.4. The summed E-state index contributed by atoms with van der Waals surface area (Å²) in [5.41, 5.74) is 0. The summed E-state index contributed by atoms with van der Waals surface area (Å²) >= 11 is 0. The van der Waals surface area contributed by atoms with Gasteiger partial charge in [0.25, 0.3) is 17.5 Å². The van der Waals surface area contributed by atoms with Crippen molar-refractivity contribution in [2.24, 2.45) is 35.2 Å². The zero-order valence-electron chi connectivity index (χ0n) is 44.1. The number of aryl methyl sites for hydroxylation is 10. The van der Waals surface area contributed by atoms with Crippen LogP contribution < -0.4 is 27.4 Å². The van der Waals surface area contributed by atoms with Crippen LogP contribution in [0.2, 0.25) is 0 Å². The number of hydrogen-bond acceptors (Lipinski definition) is 1. The van der Waals surface area contributed by atoms with Gasteiger partial charge in [-0.05, 0) is 39.5 Å². The molecule has 6 aromatic rings. The van der Waals surface area contributed by atoms with Gasteiger partial charge in [-0.25, -0.2) is 50.2 Å². The first-order chi connectivity index (χ1) is 28.8. The molecule has 13 nitrogen and oxygen atoms in total. The van der Waals surface area contributed by atoms with Crippen molar-refractivity contribution >= 4 is 0 Å². The molecule has 0 aromatic carbocycles. The molecule has 354 valence electrons. The quantitative estimate of drug-likeness (QED) is 0.0991. The minimum absolute atomic E-state index is 0. The van der Waals surface area contributed by atoms with Crippen LogP contribution in [0.5, 0.6) is 0 Å². The van der Waals surface area contributed by atoms with Gasteiger partial charge >= 0.3 is 0 Å². The standard InChI is InChI=1S/C11H21N2.C9H17N2.C8H15N2.C7H13N2O.C7H13N2.C5H8N2.6Y/c1-3-4-5-6-7-8-13-10-9-12(2)11-13;1-4-5-6-11-8-7-10(3)9(11)2;1-4-5-10-7-6-9(3)8(10)2;1-8-3-4-9(7-8)5-6-10-2;1-4-9-6-5-8(3)7(9)2;1-2-7-4-3-6-5-7;;;;;;/h9-11H,3-8H2,1-2H3;7-8H,4-6H2,1-3H3;6-7H,4-5H2,1-3H3;3-4,7H,5-6H2,1-2H3;5-6H,4H2,1-3H3;3-5H,2H2,1H3;;;;;;/q5*+1;;;;;;;/p+1. The molecule has 0 aliphatic rings. The molecular weight excluding hydrogens is 1280 g/mol. The molecule has 6 rings (SSSR count). The predicted octanol–water partition coefficient (Wildman–Crippen LogP) is 5.64. The Morgan fingerprint density at radius 3 is 1.26 bits per heavy atom. The van der Waals surface area contributed by atoms with Crippen molar-refractivity contribution in [1.82, 2.24) is 27.8 Å². The van der Waals surface area contributed by atoms with Crippen molar-refractivity contribution in [1.29, 1.82) is 0 Å². The summed E-state index contributed by atoms with van der Waals surface area (Å²) in [6, 6.07) is 0. The number of H-pyrrole nitrogens is 1. The van der Waals surface area contributed by atoms with Gasteiger partial charge in [-0.2, -0.15) is 0 Å². The molecule has 0 aliphatic carbocycles. The Labute approximate surface area is 553 Å². The zero-order chi connectivity index (χ0) is 44.7. The van der Waals surface area contributed by atoms with Crippen molar-refractivity contribution < 1.29 is 228 Å². The number of methoxy groups -OCH3 is 1. The van der Waals surface area contributed by atoms with Crippen LogP contribution in [0.3, 0.4) is 0 Å². The van der Waals surface area contributed by atoms with E-state index >= 15 is 0 Å². The van der Waals surface area contributed by atoms with E-state index in [1.165, 1.54) is 75.4 Å². The number of nitrogens with zero attached hydrogens (tertiary/aromatic N) is 11. The van der Waals surface area contributed by atoms with Gasteiger partial charge in [0.15, 0.2) is 0 Å². The third-order valence-corrected chi connectivity index (χ3v) is 10.4. The van der Waals surface area contributed by atoms with E-state index in [1.807, 2.05) is 49.1 Å². The van der Waals surface area contributed by atoms with Gasteiger partial charge in [0, 0.05) is 224 Å². The van der Waals surface area contributed by atoms with Gasteiger partial charge in [0.05, 0.1) is 74.6 Å². The van der Waals surface area contributed by atoms with Crippen LogP contribution in [0.15, 0.2) is 93.3 Å². The van der Waals surface area contributed by atoms with Crippen molar-refractivity contribution in [3.63, 3.8) is 0 Å². The molecule has 0 spiro atoms. The fourth-order valence-electron chi connectivity index (χ4n) is 6.05. The maximum atomic E-state index is 4.92. The molecule has 1 N–H and O–H groups in total. The van der Waals surface area contributed by atoms with E-state index in [0.29, 0.717) is 0 Å². The number of nitrogens with one attached hydrogen (secondary N) is 1. The van der Waals surface area contributed by atoms with Gasteiger partial charge in [-0.1, -0.05) is 46.5 Å². The summed E-state index contributed by atoms with van der Waals surface area (Å²) in [5.74, 6) is 3.96. The zero-order valence-corrected chi connectivity index (χ0v) is 61.1. The maximum Gasteiger partial charge on any atom is 0.253 e. The Hall–Kier alpha value is 1.84. The van der Waals surface area contributed by atoms with E-state index in [-0.39, 0.29) is 196 Å². The predicted molar refractivity (Wildman–Crippen MR) is 240 cm³/mol. The molecule has 0 aliphatic heterocycles. The molecule has 0 saturated heterocycles. The normalized spacial score (nSPS) is 9.30. The average molecular weight is 1370 g/mol. The van der Waals surface area contributed by atoms with E-state index in [9.17, 15) is 0 Å². The molecule has 6 heterocycles. The molecule has 0 unspecified atom stereocenters. The van der Waals surface area contributed by atoms with Crippen molar-refractivity contribution in [3.05, 3.63) is 111 Å². The summed E-state index contributed by atoms with van der Waals surface area (Å²) in [7, 11) is 12.0. The van der Waals surface area contributed by atoms with Crippen LogP contribution in [0.4, 0.5) is 0 Å². The van der Waals surface area contributed by atoms with E-state index in [2.05, 4.69) is 190 Å². The summed E-state index contributed by atoms with van der Waals surface area (Å²) in [6.07, 6.45) is 41.4. The number of rotatable bonds is 16. The van der Waals surface area contributed by atoms with Gasteiger partial charge in [0.1, 0.15) is 80.9 Å². The van der Waals surface area contributed by atoms with E-state index in [4.69, 9.17) is 4.74 Å². The monoisotopic (exact) mass is 1370 g/mol. The van der Waals surface area contributed by atoms with Gasteiger partial charge in [0.2, 0.25) is 19.0 Å². The second-order valence-corrected chi connectivity index (χ2v) is 15.4. The smallest absolute Gasteiger partial charge is 0.253 e. The molecule has 66 heavy (non-hydrogen) atoms. The molecular formula is C47H88N12OY6+6. The summed E-state index contributed by atoms with van der Waals surface area (Å²) in [6.45, 7) is 24.6. The number of imidazole rings is 6. The summed E-state index contributed by atoms with van der Waals surface area (Å²) in [5, 5.41) is 0. The third-order valence-electron chi connectivity index (χ3n) is 10.4. The number of unbranched alkanes of at least 4 members (excludes halogenated alkanes) is 5. The fraction of sp³-hybridized carbons (Fsp3) is 0.617. The SMILES string of the molecule is CCCCCCCn1cc[n+](C)c1.CCCCn1cc[n+](C)c1C.CCCn1cc[n+](C)c1C.CC[n+]1cc[nH]c1.CCn1cc[n+](C)c1C.COCCn1cc[n+](C)c1.[Y].[Y].[Y].[Y].[Y].[Y]. The second kappa shape index (κ2) is 50.4. The fourth-order valence-corrected chi connectivity index (χ4v) is 6.05. The summed E-state index contributed by atoms with van der Waals surface area (Å²) in [4.78, 5) is 2.94. The number of ether oxygens (including phenoxy) is 1. The number of hydrogen-bond donors (Lipinski definition) is 1. The Balaban J connectivity index is -0.000000162. The second-order valence-electron chi connectivity index (χ2n) is 15.4. The molecule has 0 atom stereocenters. The summed E-state index contributed by atoms with van der Waals surface area (Å²) < 4.78 is 28.6. The Kier molecular flexibility index (Phi) is 60.5. The van der Waals surface area contributed by atoms with E-state index < -0.39 is 0 Å². The van der Waals surface area contributed by atoms with Gasteiger partial charge < -0.3 is 4.74 Å². The molecule has 0 fully saturated rings. The van der Waals surface area contributed by atoms with Crippen LogP contribution in [-0.4, -0.2) is 41.5 Å². The topological polar surface area (TPSA) is 72.9 Å². The first-order valence-electron chi connectivity index (χ1n) is 22.4.